The lowest BCUT2D eigenvalue weighted by atomic mass is 10.2. The first-order valence-corrected chi connectivity index (χ1v) is 5.66. The Labute approximate surface area is 104 Å². The fourth-order valence-corrected chi connectivity index (χ4v) is 1.57. The topological polar surface area (TPSA) is 68.2 Å². The second kappa shape index (κ2) is 5.70. The molecule has 0 spiro atoms. The predicted molar refractivity (Wildman–Crippen MR) is 65.1 cm³/mol. The highest BCUT2D eigenvalue weighted by atomic mass is 19.1. The summed E-state index contributed by atoms with van der Waals surface area (Å²) in [4.78, 5) is 6.24. The van der Waals surface area contributed by atoms with Crippen LogP contribution in [0, 0.1) is 5.82 Å². The summed E-state index contributed by atoms with van der Waals surface area (Å²) in [5.74, 6) is 0.696. The largest absolute Gasteiger partial charge is 0.338 e. The zero-order valence-electron chi connectivity index (χ0n) is 10.1. The molecule has 0 saturated heterocycles. The third-order valence-electron chi connectivity index (χ3n) is 2.49. The third kappa shape index (κ3) is 3.12. The third-order valence-corrected chi connectivity index (χ3v) is 2.49. The molecule has 0 saturated carbocycles. The summed E-state index contributed by atoms with van der Waals surface area (Å²) >= 11 is 0. The van der Waals surface area contributed by atoms with Crippen LogP contribution in [0.2, 0.25) is 0 Å². The molecule has 2 N–H and O–H groups in total. The predicted octanol–water partition coefficient (Wildman–Crippen LogP) is 1.27. The molecule has 6 heteroatoms. The molecule has 0 fully saturated rings. The molecule has 2 rings (SSSR count). The zero-order chi connectivity index (χ0) is 13.0. The molecule has 5 nitrogen and oxygen atoms in total. The molecule has 1 aromatic heterocycles. The molecule has 1 heterocycles. The molecule has 0 aliphatic carbocycles. The molecule has 0 amide bonds. The highest BCUT2D eigenvalue weighted by molar-refractivity contribution is 5.53. The molecule has 1 aromatic carbocycles. The van der Waals surface area contributed by atoms with Gasteiger partial charge in [0.2, 0.25) is 11.7 Å². The first-order chi connectivity index (χ1) is 8.69. The lowest BCUT2D eigenvalue weighted by Gasteiger charge is -2.11. The van der Waals surface area contributed by atoms with Crippen molar-refractivity contribution in [3.63, 3.8) is 0 Å². The van der Waals surface area contributed by atoms with Gasteiger partial charge in [-0.3, -0.25) is 4.90 Å². The average molecular weight is 250 g/mol. The lowest BCUT2D eigenvalue weighted by Crippen LogP contribution is -2.25. The number of nitrogens with zero attached hydrogens (tertiary/aromatic N) is 3. The van der Waals surface area contributed by atoms with Gasteiger partial charge in [0.25, 0.3) is 0 Å². The summed E-state index contributed by atoms with van der Waals surface area (Å²) in [6.45, 7) is 1.88. The van der Waals surface area contributed by atoms with Crippen LogP contribution in [0.4, 0.5) is 4.39 Å². The Balaban J connectivity index is 2.08. The summed E-state index contributed by atoms with van der Waals surface area (Å²) in [6.07, 6.45) is 0. The maximum Gasteiger partial charge on any atom is 0.241 e. The number of halogens is 1. The van der Waals surface area contributed by atoms with Crippen molar-refractivity contribution >= 4 is 0 Å². The summed E-state index contributed by atoms with van der Waals surface area (Å²) in [7, 11) is 1.93. The monoisotopic (exact) mass is 250 g/mol. The van der Waals surface area contributed by atoms with E-state index in [1.54, 1.807) is 12.1 Å². The second-order valence-corrected chi connectivity index (χ2v) is 4.05. The van der Waals surface area contributed by atoms with Crippen LogP contribution in [0.3, 0.4) is 0 Å². The van der Waals surface area contributed by atoms with Crippen molar-refractivity contribution in [2.24, 2.45) is 5.73 Å². The van der Waals surface area contributed by atoms with Crippen LogP contribution in [0.25, 0.3) is 11.4 Å². The maximum absolute atomic E-state index is 12.8. The van der Waals surface area contributed by atoms with E-state index in [2.05, 4.69) is 10.1 Å². The van der Waals surface area contributed by atoms with Crippen LogP contribution in [0.1, 0.15) is 5.89 Å². The molecular formula is C12H15FN4O. The quantitative estimate of drug-likeness (QED) is 0.865. The smallest absolute Gasteiger partial charge is 0.241 e. The van der Waals surface area contributed by atoms with Crippen molar-refractivity contribution in [1.29, 1.82) is 0 Å². The fraction of sp³-hybridized carbons (Fsp3) is 0.333. The molecule has 96 valence electrons. The molecule has 2 aromatic rings. The van der Waals surface area contributed by atoms with Gasteiger partial charge in [-0.1, -0.05) is 5.16 Å². The van der Waals surface area contributed by atoms with Gasteiger partial charge in [0.05, 0.1) is 6.54 Å². The molecule has 0 bridgehead atoms. The van der Waals surface area contributed by atoms with E-state index in [-0.39, 0.29) is 5.82 Å². The number of rotatable bonds is 5. The van der Waals surface area contributed by atoms with Gasteiger partial charge in [0.1, 0.15) is 5.82 Å². The minimum atomic E-state index is -0.287. The van der Waals surface area contributed by atoms with Crippen LogP contribution in [-0.2, 0) is 6.54 Å². The number of benzene rings is 1. The van der Waals surface area contributed by atoms with Crippen LogP contribution in [0.15, 0.2) is 28.8 Å². The van der Waals surface area contributed by atoms with E-state index >= 15 is 0 Å². The van der Waals surface area contributed by atoms with Gasteiger partial charge in [0, 0.05) is 18.7 Å². The van der Waals surface area contributed by atoms with Crippen molar-refractivity contribution in [2.75, 3.05) is 20.1 Å². The van der Waals surface area contributed by atoms with Crippen LogP contribution in [0.5, 0.6) is 0 Å². The van der Waals surface area contributed by atoms with Gasteiger partial charge in [-0.05, 0) is 31.3 Å². The van der Waals surface area contributed by atoms with Crippen molar-refractivity contribution in [3.05, 3.63) is 36.0 Å². The number of hydrogen-bond donors (Lipinski definition) is 1. The summed E-state index contributed by atoms with van der Waals surface area (Å²) in [5.41, 5.74) is 6.18. The van der Waals surface area contributed by atoms with E-state index in [0.717, 1.165) is 12.1 Å². The Morgan fingerprint density at radius 2 is 2.06 bits per heavy atom. The van der Waals surface area contributed by atoms with Crippen molar-refractivity contribution in [3.8, 4) is 11.4 Å². The minimum absolute atomic E-state index is 0.287. The first-order valence-electron chi connectivity index (χ1n) is 5.66. The van der Waals surface area contributed by atoms with E-state index in [0.29, 0.717) is 24.8 Å². The summed E-state index contributed by atoms with van der Waals surface area (Å²) in [6, 6.07) is 5.97. The molecule has 0 atom stereocenters. The molecular weight excluding hydrogens is 235 g/mol. The highest BCUT2D eigenvalue weighted by Gasteiger charge is 2.10. The second-order valence-electron chi connectivity index (χ2n) is 4.05. The molecule has 18 heavy (non-hydrogen) atoms. The van der Waals surface area contributed by atoms with Crippen molar-refractivity contribution < 1.29 is 8.91 Å². The van der Waals surface area contributed by atoms with Crippen LogP contribution >= 0.6 is 0 Å². The Bertz CT molecular complexity index is 497. The van der Waals surface area contributed by atoms with Gasteiger partial charge in [-0.2, -0.15) is 4.98 Å². The van der Waals surface area contributed by atoms with Gasteiger partial charge >= 0.3 is 0 Å². The number of nitrogens with two attached hydrogens (primary N) is 1. The highest BCUT2D eigenvalue weighted by Crippen LogP contribution is 2.16. The SMILES string of the molecule is CN(CCN)Cc1nc(-c2ccc(F)cc2)no1. The van der Waals surface area contributed by atoms with E-state index in [9.17, 15) is 4.39 Å². The number of hydrogen-bond acceptors (Lipinski definition) is 5. The fourth-order valence-electron chi connectivity index (χ4n) is 1.57. The van der Waals surface area contributed by atoms with Gasteiger partial charge in [-0.15, -0.1) is 0 Å². The van der Waals surface area contributed by atoms with Gasteiger partial charge < -0.3 is 10.3 Å². The normalized spacial score (nSPS) is 11.1. The number of aromatic nitrogens is 2. The average Bonchev–Trinajstić information content (AvgIpc) is 2.78. The first kappa shape index (κ1) is 12.7. The Morgan fingerprint density at radius 1 is 1.33 bits per heavy atom. The Kier molecular flexibility index (Phi) is 4.01. The molecule has 0 aliphatic rings. The van der Waals surface area contributed by atoms with Crippen molar-refractivity contribution in [1.82, 2.24) is 15.0 Å². The van der Waals surface area contributed by atoms with Gasteiger partial charge in [0.15, 0.2) is 0 Å². The Morgan fingerprint density at radius 3 is 2.72 bits per heavy atom. The molecule has 0 unspecified atom stereocenters. The standard InChI is InChI=1S/C12H15FN4O/c1-17(7-6-14)8-11-15-12(16-18-11)9-2-4-10(13)5-3-9/h2-5H,6-8,14H2,1H3. The molecule has 0 aliphatic heterocycles. The lowest BCUT2D eigenvalue weighted by molar-refractivity contribution is 0.272. The zero-order valence-corrected chi connectivity index (χ0v) is 10.1. The van der Waals surface area contributed by atoms with E-state index in [1.807, 2.05) is 11.9 Å². The van der Waals surface area contributed by atoms with E-state index < -0.39 is 0 Å². The van der Waals surface area contributed by atoms with Crippen molar-refractivity contribution in [2.45, 2.75) is 6.54 Å². The maximum atomic E-state index is 12.8. The summed E-state index contributed by atoms with van der Waals surface area (Å²) < 4.78 is 17.9. The Hall–Kier alpha value is -1.79. The molecule has 0 radical (unpaired) electrons. The van der Waals surface area contributed by atoms with Gasteiger partial charge in [-0.25, -0.2) is 4.39 Å². The van der Waals surface area contributed by atoms with Crippen LogP contribution in [-0.4, -0.2) is 35.2 Å². The van der Waals surface area contributed by atoms with E-state index in [1.165, 1.54) is 12.1 Å². The number of likely N-dealkylation sites (N-methyl/N-ethyl adjacent to an activating group) is 1. The minimum Gasteiger partial charge on any atom is -0.338 e. The van der Waals surface area contributed by atoms with E-state index in [4.69, 9.17) is 10.3 Å². The summed E-state index contributed by atoms with van der Waals surface area (Å²) in [5, 5.41) is 3.86. The van der Waals surface area contributed by atoms with Crippen LogP contribution < -0.4 is 5.73 Å².